The van der Waals surface area contributed by atoms with Gasteiger partial charge in [-0.05, 0) is 49.1 Å². The summed E-state index contributed by atoms with van der Waals surface area (Å²) in [5, 5.41) is 0. The number of nitrogens with two attached hydrogens (primary N) is 1. The third kappa shape index (κ3) is 4.64. The Morgan fingerprint density at radius 3 is 2.50 bits per heavy atom. The van der Waals surface area contributed by atoms with Gasteiger partial charge in [0, 0.05) is 43.5 Å². The first-order chi connectivity index (χ1) is 12.7. The smallest absolute Gasteiger partial charge is 0.226 e. The third-order valence-electron chi connectivity index (χ3n) is 5.20. The number of benzene rings is 2. The Hall–Kier alpha value is -2.33. The first-order valence-electron chi connectivity index (χ1n) is 9.61. The van der Waals surface area contributed by atoms with E-state index in [1.807, 2.05) is 54.3 Å². The number of rotatable bonds is 6. The van der Waals surface area contributed by atoms with Crippen LogP contribution in [0, 0.1) is 0 Å². The predicted molar refractivity (Wildman–Crippen MR) is 108 cm³/mol. The SMILES string of the molecule is CCC(=O)N(c1ccccc1)C1CCN(CCc2cccc(N)c2)CC1. The number of nitrogens with zero attached hydrogens (tertiary/aromatic N) is 2. The van der Waals surface area contributed by atoms with Crippen LogP contribution in [0.2, 0.25) is 0 Å². The van der Waals surface area contributed by atoms with Crippen LogP contribution in [0.3, 0.4) is 0 Å². The molecule has 2 N–H and O–H groups in total. The highest BCUT2D eigenvalue weighted by Gasteiger charge is 2.28. The zero-order valence-corrected chi connectivity index (χ0v) is 15.6. The number of amides is 1. The Bertz CT molecular complexity index is 708. The molecular formula is C22H29N3O. The first-order valence-corrected chi connectivity index (χ1v) is 9.61. The quantitative estimate of drug-likeness (QED) is 0.807. The molecule has 0 aliphatic carbocycles. The van der Waals surface area contributed by atoms with Crippen molar-refractivity contribution in [3.63, 3.8) is 0 Å². The summed E-state index contributed by atoms with van der Waals surface area (Å²) in [4.78, 5) is 17.1. The summed E-state index contributed by atoms with van der Waals surface area (Å²) in [6, 6.07) is 18.5. The summed E-state index contributed by atoms with van der Waals surface area (Å²) in [7, 11) is 0. The summed E-state index contributed by atoms with van der Waals surface area (Å²) in [5.41, 5.74) is 9.01. The molecule has 2 aromatic rings. The van der Waals surface area contributed by atoms with Gasteiger partial charge in [-0.3, -0.25) is 4.79 Å². The van der Waals surface area contributed by atoms with E-state index in [-0.39, 0.29) is 5.91 Å². The van der Waals surface area contributed by atoms with Gasteiger partial charge >= 0.3 is 0 Å². The van der Waals surface area contributed by atoms with Gasteiger partial charge in [-0.25, -0.2) is 0 Å². The lowest BCUT2D eigenvalue weighted by Gasteiger charge is -2.38. The van der Waals surface area contributed by atoms with Crippen LogP contribution >= 0.6 is 0 Å². The van der Waals surface area contributed by atoms with Crippen LogP contribution in [0.4, 0.5) is 11.4 Å². The maximum absolute atomic E-state index is 12.5. The highest BCUT2D eigenvalue weighted by Crippen LogP contribution is 2.24. The maximum atomic E-state index is 12.5. The van der Waals surface area contributed by atoms with Crippen molar-refractivity contribution in [1.82, 2.24) is 4.90 Å². The van der Waals surface area contributed by atoms with E-state index < -0.39 is 0 Å². The Morgan fingerprint density at radius 2 is 1.85 bits per heavy atom. The van der Waals surface area contributed by atoms with Crippen molar-refractivity contribution < 1.29 is 4.79 Å². The van der Waals surface area contributed by atoms with Crippen LogP contribution in [0.15, 0.2) is 54.6 Å². The molecule has 1 amide bonds. The van der Waals surface area contributed by atoms with E-state index >= 15 is 0 Å². The molecule has 1 saturated heterocycles. The minimum atomic E-state index is 0.217. The van der Waals surface area contributed by atoms with Gasteiger partial charge in [-0.1, -0.05) is 37.3 Å². The molecule has 0 bridgehead atoms. The van der Waals surface area contributed by atoms with Gasteiger partial charge in [0.2, 0.25) is 5.91 Å². The van der Waals surface area contributed by atoms with Gasteiger partial charge < -0.3 is 15.5 Å². The second-order valence-corrected chi connectivity index (χ2v) is 7.02. The predicted octanol–water partition coefficient (Wildman–Crippen LogP) is 3.72. The number of nitrogen functional groups attached to an aromatic ring is 1. The Labute approximate surface area is 156 Å². The fraction of sp³-hybridized carbons (Fsp3) is 0.409. The normalized spacial score (nSPS) is 15.7. The highest BCUT2D eigenvalue weighted by molar-refractivity contribution is 5.93. The number of hydrogen-bond acceptors (Lipinski definition) is 3. The van der Waals surface area contributed by atoms with Crippen LogP contribution < -0.4 is 10.6 Å². The third-order valence-corrected chi connectivity index (χ3v) is 5.20. The lowest BCUT2D eigenvalue weighted by Crippen LogP contribution is -2.47. The molecule has 0 saturated carbocycles. The van der Waals surface area contributed by atoms with Gasteiger partial charge in [-0.15, -0.1) is 0 Å². The molecule has 0 aromatic heterocycles. The number of hydrogen-bond donors (Lipinski definition) is 1. The van der Waals surface area contributed by atoms with Crippen LogP contribution in [-0.4, -0.2) is 36.5 Å². The molecular weight excluding hydrogens is 322 g/mol. The van der Waals surface area contributed by atoms with Crippen LogP contribution in [0.25, 0.3) is 0 Å². The number of likely N-dealkylation sites (tertiary alicyclic amines) is 1. The van der Waals surface area contributed by atoms with Crippen molar-refractivity contribution in [3.8, 4) is 0 Å². The zero-order chi connectivity index (χ0) is 18.4. The van der Waals surface area contributed by atoms with Gasteiger partial charge in [0.05, 0.1) is 0 Å². The number of carbonyl (C=O) groups excluding carboxylic acids is 1. The molecule has 1 fully saturated rings. The topological polar surface area (TPSA) is 49.6 Å². The summed E-state index contributed by atoms with van der Waals surface area (Å²) in [6.07, 6.45) is 3.62. The molecule has 4 nitrogen and oxygen atoms in total. The fourth-order valence-electron chi connectivity index (χ4n) is 3.75. The van der Waals surface area contributed by atoms with Crippen LogP contribution in [0.1, 0.15) is 31.7 Å². The van der Waals surface area contributed by atoms with Gasteiger partial charge in [0.25, 0.3) is 0 Å². The molecule has 26 heavy (non-hydrogen) atoms. The van der Waals surface area contributed by atoms with E-state index in [4.69, 9.17) is 5.73 Å². The Balaban J connectivity index is 1.57. The standard InChI is InChI=1S/C22H29N3O/c1-2-22(26)25(20-9-4-3-5-10-20)21-12-15-24(16-13-21)14-11-18-7-6-8-19(23)17-18/h3-10,17,21H,2,11-16,23H2,1H3. The van der Waals surface area contributed by atoms with Crippen molar-refractivity contribution in [1.29, 1.82) is 0 Å². The summed E-state index contributed by atoms with van der Waals surface area (Å²) < 4.78 is 0. The van der Waals surface area contributed by atoms with E-state index in [1.165, 1.54) is 5.56 Å². The van der Waals surface area contributed by atoms with E-state index in [1.54, 1.807) is 0 Å². The molecule has 1 heterocycles. The first kappa shape index (κ1) is 18.5. The van der Waals surface area contributed by atoms with Crippen LogP contribution in [-0.2, 0) is 11.2 Å². The molecule has 2 aromatic carbocycles. The summed E-state index contributed by atoms with van der Waals surface area (Å²) in [6.45, 7) is 5.06. The lowest BCUT2D eigenvalue weighted by atomic mass is 10.0. The van der Waals surface area contributed by atoms with Crippen molar-refractivity contribution in [2.45, 2.75) is 38.6 Å². The molecule has 1 aliphatic rings. The van der Waals surface area contributed by atoms with Crippen molar-refractivity contribution in [3.05, 3.63) is 60.2 Å². The number of para-hydroxylation sites is 1. The van der Waals surface area contributed by atoms with E-state index in [0.717, 1.165) is 50.3 Å². The monoisotopic (exact) mass is 351 g/mol. The maximum Gasteiger partial charge on any atom is 0.226 e. The van der Waals surface area contributed by atoms with Gasteiger partial charge in [0.15, 0.2) is 0 Å². The van der Waals surface area contributed by atoms with E-state index in [2.05, 4.69) is 17.0 Å². The van der Waals surface area contributed by atoms with Gasteiger partial charge in [-0.2, -0.15) is 0 Å². The number of carbonyl (C=O) groups is 1. The summed E-state index contributed by atoms with van der Waals surface area (Å²) >= 11 is 0. The fourth-order valence-corrected chi connectivity index (χ4v) is 3.75. The van der Waals surface area contributed by atoms with Crippen LogP contribution in [0.5, 0.6) is 0 Å². The largest absolute Gasteiger partial charge is 0.399 e. The molecule has 0 spiro atoms. The molecule has 138 valence electrons. The minimum Gasteiger partial charge on any atom is -0.399 e. The molecule has 0 unspecified atom stereocenters. The van der Waals surface area contributed by atoms with Gasteiger partial charge in [0.1, 0.15) is 0 Å². The molecule has 4 heteroatoms. The second kappa shape index (κ2) is 8.86. The molecule has 3 rings (SSSR count). The van der Waals surface area contributed by atoms with Crippen molar-refractivity contribution in [2.24, 2.45) is 0 Å². The zero-order valence-electron chi connectivity index (χ0n) is 15.6. The average Bonchev–Trinajstić information content (AvgIpc) is 2.68. The molecule has 0 atom stereocenters. The van der Waals surface area contributed by atoms with E-state index in [9.17, 15) is 4.79 Å². The van der Waals surface area contributed by atoms with Crippen molar-refractivity contribution in [2.75, 3.05) is 30.3 Å². The number of piperidine rings is 1. The Morgan fingerprint density at radius 1 is 1.12 bits per heavy atom. The summed E-state index contributed by atoms with van der Waals surface area (Å²) in [5.74, 6) is 0.217. The molecule has 1 aliphatic heterocycles. The minimum absolute atomic E-state index is 0.217. The number of anilines is 2. The average molecular weight is 351 g/mol. The lowest BCUT2D eigenvalue weighted by molar-refractivity contribution is -0.119. The molecule has 0 radical (unpaired) electrons. The Kier molecular flexibility index (Phi) is 6.29. The van der Waals surface area contributed by atoms with Crippen molar-refractivity contribution >= 4 is 17.3 Å². The van der Waals surface area contributed by atoms with E-state index in [0.29, 0.717) is 12.5 Å². The second-order valence-electron chi connectivity index (χ2n) is 7.02. The highest BCUT2D eigenvalue weighted by atomic mass is 16.2.